The van der Waals surface area contributed by atoms with Crippen molar-refractivity contribution >= 4 is 0 Å². The van der Waals surface area contributed by atoms with Gasteiger partial charge in [-0.1, -0.05) is 0 Å². The molecule has 0 amide bonds. The van der Waals surface area contributed by atoms with Crippen LogP contribution in [0.2, 0.25) is 0 Å². The molecule has 13 heavy (non-hydrogen) atoms. The summed E-state index contributed by atoms with van der Waals surface area (Å²) in [7, 11) is 0. The van der Waals surface area contributed by atoms with Crippen LogP contribution in [-0.4, -0.2) is 55.4 Å². The Hall–Kier alpha value is -0.260. The van der Waals surface area contributed by atoms with Crippen LogP contribution in [0.4, 0.5) is 8.78 Å². The van der Waals surface area contributed by atoms with E-state index < -0.39 is 6.43 Å². The van der Waals surface area contributed by atoms with Crippen molar-refractivity contribution in [3.8, 4) is 0 Å². The second kappa shape index (κ2) is 5.47. The monoisotopic (exact) mass is 195 g/mol. The van der Waals surface area contributed by atoms with Crippen molar-refractivity contribution in [1.82, 2.24) is 4.90 Å². The van der Waals surface area contributed by atoms with Gasteiger partial charge in [0.2, 0.25) is 0 Å². The largest absolute Gasteiger partial charge is 0.394 e. The molecule has 0 aromatic carbocycles. The van der Waals surface area contributed by atoms with Gasteiger partial charge in [-0.05, 0) is 6.42 Å². The fraction of sp³-hybridized carbons (Fsp3) is 1.00. The smallest absolute Gasteiger partial charge is 0.251 e. The summed E-state index contributed by atoms with van der Waals surface area (Å²) >= 11 is 0. The molecule has 1 fully saturated rings. The van der Waals surface area contributed by atoms with Crippen molar-refractivity contribution in [3.63, 3.8) is 0 Å². The Kier molecular flexibility index (Phi) is 4.55. The topological polar surface area (TPSA) is 32.7 Å². The molecule has 1 aliphatic rings. The Morgan fingerprint density at radius 2 is 2.23 bits per heavy atom. The molecule has 0 radical (unpaired) electrons. The first-order chi connectivity index (χ1) is 6.22. The first-order valence-electron chi connectivity index (χ1n) is 4.45. The van der Waals surface area contributed by atoms with Gasteiger partial charge < -0.3 is 9.84 Å². The Bertz CT molecular complexity index is 146. The van der Waals surface area contributed by atoms with Gasteiger partial charge in [0.05, 0.1) is 25.9 Å². The molecule has 78 valence electrons. The van der Waals surface area contributed by atoms with E-state index in [1.54, 1.807) is 4.90 Å². The third kappa shape index (κ3) is 3.97. The van der Waals surface area contributed by atoms with E-state index in [4.69, 9.17) is 9.84 Å². The highest BCUT2D eigenvalue weighted by molar-refractivity contribution is 4.68. The van der Waals surface area contributed by atoms with E-state index in [2.05, 4.69) is 0 Å². The average molecular weight is 195 g/mol. The van der Waals surface area contributed by atoms with Crippen LogP contribution in [0.3, 0.4) is 0 Å². The molecular weight excluding hydrogens is 180 g/mol. The van der Waals surface area contributed by atoms with Crippen molar-refractivity contribution in [2.45, 2.75) is 19.0 Å². The summed E-state index contributed by atoms with van der Waals surface area (Å²) in [5, 5.41) is 8.79. The number of aliphatic hydroxyl groups excluding tert-OH is 1. The zero-order chi connectivity index (χ0) is 9.68. The summed E-state index contributed by atoms with van der Waals surface area (Å²) in [5.41, 5.74) is 0. The fourth-order valence-electron chi connectivity index (χ4n) is 1.39. The number of rotatable bonds is 3. The maximum Gasteiger partial charge on any atom is 0.251 e. The van der Waals surface area contributed by atoms with Crippen molar-refractivity contribution in [3.05, 3.63) is 0 Å². The van der Waals surface area contributed by atoms with Gasteiger partial charge in [0.15, 0.2) is 0 Å². The molecule has 1 aliphatic heterocycles. The maximum absolute atomic E-state index is 12.0. The molecule has 1 rings (SSSR count). The molecule has 5 heteroatoms. The highest BCUT2D eigenvalue weighted by atomic mass is 19.3. The van der Waals surface area contributed by atoms with Gasteiger partial charge in [0.25, 0.3) is 6.43 Å². The van der Waals surface area contributed by atoms with Crippen LogP contribution in [0, 0.1) is 0 Å². The molecule has 0 aromatic heterocycles. The zero-order valence-corrected chi connectivity index (χ0v) is 7.46. The molecule has 0 aliphatic carbocycles. The summed E-state index contributed by atoms with van der Waals surface area (Å²) in [5.74, 6) is 0. The summed E-state index contributed by atoms with van der Waals surface area (Å²) in [4.78, 5) is 1.67. The number of halogens is 2. The lowest BCUT2D eigenvalue weighted by atomic mass is 10.2. The third-order valence-corrected chi connectivity index (χ3v) is 2.13. The van der Waals surface area contributed by atoms with Crippen LogP contribution >= 0.6 is 0 Å². The average Bonchev–Trinajstić information content (AvgIpc) is 2.29. The predicted octanol–water partition coefficient (Wildman–Crippen LogP) is 0.335. The summed E-state index contributed by atoms with van der Waals surface area (Å²) in [6, 6.07) is 0. The molecule has 0 spiro atoms. The second-order valence-electron chi connectivity index (χ2n) is 3.16. The lowest BCUT2D eigenvalue weighted by Crippen LogP contribution is -2.31. The van der Waals surface area contributed by atoms with Crippen LogP contribution in [0.1, 0.15) is 6.42 Å². The Morgan fingerprint density at radius 1 is 1.46 bits per heavy atom. The number of aliphatic hydroxyl groups is 1. The van der Waals surface area contributed by atoms with Crippen molar-refractivity contribution in [2.24, 2.45) is 0 Å². The Balaban J connectivity index is 2.27. The van der Waals surface area contributed by atoms with Crippen molar-refractivity contribution in [1.29, 1.82) is 0 Å². The van der Waals surface area contributed by atoms with Gasteiger partial charge in [-0.25, -0.2) is 8.78 Å². The molecule has 1 unspecified atom stereocenters. The van der Waals surface area contributed by atoms with Crippen LogP contribution in [0.15, 0.2) is 0 Å². The van der Waals surface area contributed by atoms with Crippen LogP contribution in [0.5, 0.6) is 0 Å². The van der Waals surface area contributed by atoms with Crippen molar-refractivity contribution < 1.29 is 18.6 Å². The molecule has 1 saturated heterocycles. The first kappa shape index (κ1) is 10.8. The summed E-state index contributed by atoms with van der Waals surface area (Å²) in [6.07, 6.45) is -1.84. The van der Waals surface area contributed by atoms with Crippen LogP contribution in [0.25, 0.3) is 0 Å². The quantitative estimate of drug-likeness (QED) is 0.704. The van der Waals surface area contributed by atoms with Crippen LogP contribution < -0.4 is 0 Å². The predicted molar refractivity (Wildman–Crippen MR) is 43.9 cm³/mol. The van der Waals surface area contributed by atoms with E-state index >= 15 is 0 Å². The molecule has 0 saturated carbocycles. The Labute approximate surface area is 76.3 Å². The molecule has 0 bridgehead atoms. The normalized spacial score (nSPS) is 26.3. The van der Waals surface area contributed by atoms with Gasteiger partial charge in [-0.15, -0.1) is 0 Å². The van der Waals surface area contributed by atoms with Gasteiger partial charge in [-0.3, -0.25) is 4.90 Å². The van der Waals surface area contributed by atoms with Gasteiger partial charge in [0.1, 0.15) is 0 Å². The number of alkyl halides is 2. The standard InChI is InChI=1S/C8H15F2NO2/c9-8(10)5-11-2-1-7(6-12)13-4-3-11/h7-8,12H,1-6H2. The number of ether oxygens (including phenoxy) is 1. The number of nitrogens with zero attached hydrogens (tertiary/aromatic N) is 1. The lowest BCUT2D eigenvalue weighted by molar-refractivity contribution is 0.0199. The van der Waals surface area contributed by atoms with E-state index in [0.29, 0.717) is 26.1 Å². The summed E-state index contributed by atoms with van der Waals surface area (Å²) < 4.78 is 29.2. The number of hydrogen-bond acceptors (Lipinski definition) is 3. The van der Waals surface area contributed by atoms with E-state index in [9.17, 15) is 8.78 Å². The minimum Gasteiger partial charge on any atom is -0.394 e. The highest BCUT2D eigenvalue weighted by Crippen LogP contribution is 2.07. The molecule has 1 heterocycles. The molecule has 0 aromatic rings. The lowest BCUT2D eigenvalue weighted by Gasteiger charge is -2.17. The summed E-state index contributed by atoms with van der Waals surface area (Å²) in [6.45, 7) is 1.32. The van der Waals surface area contributed by atoms with Crippen LogP contribution in [-0.2, 0) is 4.74 Å². The SMILES string of the molecule is OCC1CCN(CC(F)F)CCO1. The van der Waals surface area contributed by atoms with Gasteiger partial charge in [0, 0.05) is 13.1 Å². The van der Waals surface area contributed by atoms with E-state index in [0.717, 1.165) is 0 Å². The van der Waals surface area contributed by atoms with E-state index in [1.165, 1.54) is 0 Å². The molecule has 1 N–H and O–H groups in total. The second-order valence-corrected chi connectivity index (χ2v) is 3.16. The highest BCUT2D eigenvalue weighted by Gasteiger charge is 2.18. The number of hydrogen-bond donors (Lipinski definition) is 1. The molecule has 1 atom stereocenters. The van der Waals surface area contributed by atoms with E-state index in [1.807, 2.05) is 0 Å². The fourth-order valence-corrected chi connectivity index (χ4v) is 1.39. The third-order valence-electron chi connectivity index (χ3n) is 2.13. The maximum atomic E-state index is 12.0. The van der Waals surface area contributed by atoms with Gasteiger partial charge >= 0.3 is 0 Å². The first-order valence-corrected chi connectivity index (χ1v) is 4.45. The van der Waals surface area contributed by atoms with E-state index in [-0.39, 0.29) is 19.3 Å². The Morgan fingerprint density at radius 3 is 2.85 bits per heavy atom. The molecule has 3 nitrogen and oxygen atoms in total. The zero-order valence-electron chi connectivity index (χ0n) is 7.46. The van der Waals surface area contributed by atoms with Crippen molar-refractivity contribution in [2.75, 3.05) is 32.8 Å². The van der Waals surface area contributed by atoms with Gasteiger partial charge in [-0.2, -0.15) is 0 Å². The molecular formula is C8H15F2NO2. The minimum absolute atomic E-state index is 0.0253. The minimum atomic E-state index is -2.29.